The highest BCUT2D eigenvalue weighted by molar-refractivity contribution is 14.0. The molecule has 0 spiro atoms. The van der Waals surface area contributed by atoms with E-state index in [-0.39, 0.29) is 36.1 Å². The predicted molar refractivity (Wildman–Crippen MR) is 98.3 cm³/mol. The average Bonchev–Trinajstić information content (AvgIpc) is 2.33. The van der Waals surface area contributed by atoms with Crippen molar-refractivity contribution in [1.29, 1.82) is 0 Å². The Hall–Kier alpha value is -0.730. The van der Waals surface area contributed by atoms with Gasteiger partial charge in [-0.05, 0) is 40.5 Å². The largest absolute Gasteiger partial charge is 0.444 e. The molecule has 0 aliphatic carbocycles. The highest BCUT2D eigenvalue weighted by atomic mass is 127. The molecule has 7 heteroatoms. The number of carbonyl (C=O) groups excluding carboxylic acids is 1. The monoisotopic (exact) mass is 414 g/mol. The van der Waals surface area contributed by atoms with Gasteiger partial charge in [-0.2, -0.15) is 0 Å². The Morgan fingerprint density at radius 1 is 1.43 bits per heavy atom. The van der Waals surface area contributed by atoms with E-state index in [0.717, 1.165) is 19.4 Å². The molecular weight excluding hydrogens is 383 g/mol. The van der Waals surface area contributed by atoms with Crippen LogP contribution in [0.4, 0.5) is 4.79 Å². The van der Waals surface area contributed by atoms with Crippen LogP contribution in [-0.4, -0.2) is 48.7 Å². The van der Waals surface area contributed by atoms with Crippen molar-refractivity contribution in [2.75, 3.05) is 20.1 Å². The van der Waals surface area contributed by atoms with E-state index in [4.69, 9.17) is 10.5 Å². The Labute approximate surface area is 145 Å². The molecule has 3 N–H and O–H groups in total. The van der Waals surface area contributed by atoms with Crippen LogP contribution in [0.2, 0.25) is 0 Å². The van der Waals surface area contributed by atoms with Gasteiger partial charge in [-0.15, -0.1) is 24.0 Å². The molecule has 1 atom stereocenters. The van der Waals surface area contributed by atoms with E-state index >= 15 is 0 Å². The summed E-state index contributed by atoms with van der Waals surface area (Å²) >= 11 is 0. The SMILES string of the molecule is CCCN=C(N)NCCC(C)N(C)C(=O)OC(C)(C)C.I. The predicted octanol–water partition coefficient (Wildman–Crippen LogP) is 2.56. The van der Waals surface area contributed by atoms with Gasteiger partial charge in [-0.1, -0.05) is 6.92 Å². The number of carbonyl (C=O) groups is 1. The van der Waals surface area contributed by atoms with Crippen LogP contribution in [0.5, 0.6) is 0 Å². The van der Waals surface area contributed by atoms with Crippen molar-refractivity contribution in [3.63, 3.8) is 0 Å². The van der Waals surface area contributed by atoms with Crippen LogP contribution in [0, 0.1) is 0 Å². The van der Waals surface area contributed by atoms with E-state index in [1.54, 1.807) is 11.9 Å². The zero-order valence-corrected chi connectivity index (χ0v) is 16.4. The van der Waals surface area contributed by atoms with Gasteiger partial charge in [0, 0.05) is 26.2 Å². The Morgan fingerprint density at radius 3 is 2.48 bits per heavy atom. The van der Waals surface area contributed by atoms with Gasteiger partial charge in [0.1, 0.15) is 5.60 Å². The Kier molecular flexibility index (Phi) is 11.7. The van der Waals surface area contributed by atoms with E-state index in [9.17, 15) is 4.79 Å². The fraction of sp³-hybridized carbons (Fsp3) is 0.857. The number of nitrogens with two attached hydrogens (primary N) is 1. The molecule has 0 radical (unpaired) electrons. The third-order valence-corrected chi connectivity index (χ3v) is 2.72. The minimum absolute atomic E-state index is 0. The molecule has 0 fully saturated rings. The van der Waals surface area contributed by atoms with Crippen molar-refractivity contribution >= 4 is 36.0 Å². The topological polar surface area (TPSA) is 80.0 Å². The molecule has 0 rings (SSSR count). The number of nitrogens with one attached hydrogen (secondary N) is 1. The number of hydrogen-bond acceptors (Lipinski definition) is 3. The first kappa shape index (κ1) is 22.5. The summed E-state index contributed by atoms with van der Waals surface area (Å²) in [6.07, 6.45) is 1.44. The molecule has 21 heavy (non-hydrogen) atoms. The number of hydrogen-bond donors (Lipinski definition) is 2. The molecule has 0 aromatic rings. The fourth-order valence-corrected chi connectivity index (χ4v) is 1.40. The van der Waals surface area contributed by atoms with Gasteiger partial charge in [0.2, 0.25) is 0 Å². The number of amides is 1. The summed E-state index contributed by atoms with van der Waals surface area (Å²) in [6, 6.07) is 0.0660. The Balaban J connectivity index is 0. The van der Waals surface area contributed by atoms with Crippen LogP contribution in [-0.2, 0) is 4.74 Å². The van der Waals surface area contributed by atoms with Gasteiger partial charge >= 0.3 is 6.09 Å². The molecule has 0 aliphatic rings. The second kappa shape index (κ2) is 10.9. The molecule has 0 aromatic carbocycles. The van der Waals surface area contributed by atoms with Crippen LogP contribution >= 0.6 is 24.0 Å². The van der Waals surface area contributed by atoms with Gasteiger partial charge in [-0.25, -0.2) is 4.79 Å². The first-order valence-corrected chi connectivity index (χ1v) is 7.17. The minimum Gasteiger partial charge on any atom is -0.444 e. The van der Waals surface area contributed by atoms with E-state index in [1.165, 1.54) is 0 Å². The van der Waals surface area contributed by atoms with Crippen molar-refractivity contribution in [1.82, 2.24) is 10.2 Å². The molecule has 0 saturated carbocycles. The number of ether oxygens (including phenoxy) is 1. The van der Waals surface area contributed by atoms with Crippen LogP contribution in [0.3, 0.4) is 0 Å². The lowest BCUT2D eigenvalue weighted by molar-refractivity contribution is 0.0231. The summed E-state index contributed by atoms with van der Waals surface area (Å²) in [6.45, 7) is 11.0. The van der Waals surface area contributed by atoms with Crippen LogP contribution in [0.1, 0.15) is 47.5 Å². The third kappa shape index (κ3) is 11.6. The molecule has 0 aliphatic heterocycles. The van der Waals surface area contributed by atoms with Crippen LogP contribution in [0.15, 0.2) is 4.99 Å². The van der Waals surface area contributed by atoms with Crippen molar-refractivity contribution < 1.29 is 9.53 Å². The van der Waals surface area contributed by atoms with Gasteiger partial charge in [0.25, 0.3) is 0 Å². The zero-order chi connectivity index (χ0) is 15.8. The normalized spacial score (nSPS) is 13.1. The highest BCUT2D eigenvalue weighted by Gasteiger charge is 2.22. The Bertz CT molecular complexity index is 329. The molecule has 126 valence electrons. The van der Waals surface area contributed by atoms with Crippen LogP contribution in [0.25, 0.3) is 0 Å². The summed E-state index contributed by atoms with van der Waals surface area (Å²) in [5.74, 6) is 0.457. The molecule has 0 heterocycles. The fourth-order valence-electron chi connectivity index (χ4n) is 1.40. The van der Waals surface area contributed by atoms with Crippen molar-refractivity contribution in [3.8, 4) is 0 Å². The highest BCUT2D eigenvalue weighted by Crippen LogP contribution is 2.11. The van der Waals surface area contributed by atoms with Crippen LogP contribution < -0.4 is 11.1 Å². The van der Waals surface area contributed by atoms with E-state index in [1.807, 2.05) is 27.7 Å². The summed E-state index contributed by atoms with van der Waals surface area (Å²) < 4.78 is 5.32. The summed E-state index contributed by atoms with van der Waals surface area (Å²) in [7, 11) is 1.74. The van der Waals surface area contributed by atoms with Gasteiger partial charge < -0.3 is 20.7 Å². The second-order valence-electron chi connectivity index (χ2n) is 5.92. The Morgan fingerprint density at radius 2 is 2.00 bits per heavy atom. The smallest absolute Gasteiger partial charge is 0.410 e. The molecule has 0 bridgehead atoms. The minimum atomic E-state index is -0.472. The lowest BCUT2D eigenvalue weighted by atomic mass is 10.2. The van der Waals surface area contributed by atoms with E-state index < -0.39 is 5.60 Å². The summed E-state index contributed by atoms with van der Waals surface area (Å²) in [5.41, 5.74) is 5.23. The van der Waals surface area contributed by atoms with E-state index in [2.05, 4.69) is 17.2 Å². The molecule has 1 amide bonds. The van der Waals surface area contributed by atoms with E-state index in [0.29, 0.717) is 12.5 Å². The molecule has 1 unspecified atom stereocenters. The molecular formula is C14H31IN4O2. The first-order valence-electron chi connectivity index (χ1n) is 7.17. The summed E-state index contributed by atoms with van der Waals surface area (Å²) in [5, 5.41) is 3.04. The molecule has 0 aromatic heterocycles. The number of aliphatic imine (C=N–C) groups is 1. The number of halogens is 1. The number of nitrogens with zero attached hydrogens (tertiary/aromatic N) is 2. The van der Waals surface area contributed by atoms with Crippen molar-refractivity contribution in [2.24, 2.45) is 10.7 Å². The molecule has 0 saturated heterocycles. The van der Waals surface area contributed by atoms with Gasteiger partial charge in [0.05, 0.1) is 0 Å². The standard InChI is InChI=1S/C14H30N4O2.HI/c1-7-9-16-12(15)17-10-8-11(2)18(6)13(19)20-14(3,4)5;/h11H,7-10H2,1-6H3,(H3,15,16,17);1H. The lowest BCUT2D eigenvalue weighted by Crippen LogP contribution is -2.41. The maximum absolute atomic E-state index is 11.9. The lowest BCUT2D eigenvalue weighted by Gasteiger charge is -2.28. The maximum atomic E-state index is 11.9. The van der Waals surface area contributed by atoms with Crippen molar-refractivity contribution in [3.05, 3.63) is 0 Å². The maximum Gasteiger partial charge on any atom is 0.410 e. The molecule has 6 nitrogen and oxygen atoms in total. The quantitative estimate of drug-likeness (QED) is 0.398. The summed E-state index contributed by atoms with van der Waals surface area (Å²) in [4.78, 5) is 17.6. The number of guanidine groups is 1. The zero-order valence-electron chi connectivity index (χ0n) is 14.1. The van der Waals surface area contributed by atoms with Gasteiger partial charge in [-0.3, -0.25) is 4.99 Å². The van der Waals surface area contributed by atoms with Gasteiger partial charge in [0.15, 0.2) is 5.96 Å². The van der Waals surface area contributed by atoms with Crippen molar-refractivity contribution in [2.45, 2.75) is 59.1 Å². The average molecular weight is 414 g/mol. The second-order valence-corrected chi connectivity index (χ2v) is 5.92. The number of rotatable bonds is 6. The third-order valence-electron chi connectivity index (χ3n) is 2.72. The first-order chi connectivity index (χ1) is 9.17.